The monoisotopic (exact) mass is 212 g/mol. The Morgan fingerprint density at radius 1 is 1.27 bits per heavy atom. The van der Waals surface area contributed by atoms with Gasteiger partial charge in [-0.25, -0.2) is 4.79 Å². The molecule has 0 aliphatic heterocycles. The first-order chi connectivity index (χ1) is 7.24. The second kappa shape index (κ2) is 6.35. The SMILES string of the molecule is C=CC(=O)OOCC(=O)C1CCCCC1. The molecule has 1 saturated carbocycles. The first-order valence-electron chi connectivity index (χ1n) is 5.22. The van der Waals surface area contributed by atoms with E-state index in [-0.39, 0.29) is 18.3 Å². The zero-order chi connectivity index (χ0) is 11.1. The third-order valence-electron chi connectivity index (χ3n) is 2.57. The quantitative estimate of drug-likeness (QED) is 0.396. The number of ketones is 1. The van der Waals surface area contributed by atoms with Crippen LogP contribution in [-0.4, -0.2) is 18.4 Å². The van der Waals surface area contributed by atoms with E-state index in [1.165, 1.54) is 6.42 Å². The Balaban J connectivity index is 2.17. The highest BCUT2D eigenvalue weighted by Crippen LogP contribution is 2.24. The van der Waals surface area contributed by atoms with Crippen molar-refractivity contribution in [1.82, 2.24) is 0 Å². The molecule has 0 unspecified atom stereocenters. The van der Waals surface area contributed by atoms with Gasteiger partial charge in [0.15, 0.2) is 12.4 Å². The lowest BCUT2D eigenvalue weighted by Crippen LogP contribution is -2.22. The molecule has 0 N–H and O–H groups in total. The van der Waals surface area contributed by atoms with Gasteiger partial charge in [-0.2, -0.15) is 4.89 Å². The fourth-order valence-corrected chi connectivity index (χ4v) is 1.72. The summed E-state index contributed by atoms with van der Waals surface area (Å²) in [6.07, 6.45) is 6.25. The van der Waals surface area contributed by atoms with Crippen LogP contribution >= 0.6 is 0 Å². The van der Waals surface area contributed by atoms with E-state index in [9.17, 15) is 9.59 Å². The van der Waals surface area contributed by atoms with Crippen LogP contribution < -0.4 is 0 Å². The molecule has 0 spiro atoms. The average molecular weight is 212 g/mol. The predicted molar refractivity (Wildman–Crippen MR) is 53.8 cm³/mol. The molecule has 0 amide bonds. The smallest absolute Gasteiger partial charge is 0.297 e. The van der Waals surface area contributed by atoms with E-state index in [0.717, 1.165) is 31.8 Å². The minimum absolute atomic E-state index is 0.0200. The van der Waals surface area contributed by atoms with Gasteiger partial charge in [-0.15, -0.1) is 0 Å². The van der Waals surface area contributed by atoms with Crippen LogP contribution in [0.1, 0.15) is 32.1 Å². The Morgan fingerprint density at radius 2 is 1.93 bits per heavy atom. The largest absolute Gasteiger partial charge is 0.365 e. The molecule has 0 atom stereocenters. The highest BCUT2D eigenvalue weighted by atomic mass is 17.2. The van der Waals surface area contributed by atoms with Crippen LogP contribution in [0.15, 0.2) is 12.7 Å². The lowest BCUT2D eigenvalue weighted by Gasteiger charge is -2.19. The van der Waals surface area contributed by atoms with Gasteiger partial charge in [0, 0.05) is 12.0 Å². The number of hydrogen-bond donors (Lipinski definition) is 0. The summed E-state index contributed by atoms with van der Waals surface area (Å²) in [7, 11) is 0. The Kier molecular flexibility index (Phi) is 5.04. The van der Waals surface area contributed by atoms with Crippen molar-refractivity contribution in [3.8, 4) is 0 Å². The summed E-state index contributed by atoms with van der Waals surface area (Å²) in [5, 5.41) is 0. The van der Waals surface area contributed by atoms with E-state index in [1.807, 2.05) is 0 Å². The molecule has 0 aromatic rings. The average Bonchev–Trinajstić information content (AvgIpc) is 2.29. The van der Waals surface area contributed by atoms with Gasteiger partial charge in [-0.05, 0) is 12.8 Å². The number of rotatable bonds is 5. The van der Waals surface area contributed by atoms with E-state index in [0.29, 0.717) is 0 Å². The number of Topliss-reactive ketones (excluding diaryl/α,β-unsaturated/α-hetero) is 1. The van der Waals surface area contributed by atoms with Gasteiger partial charge in [0.25, 0.3) is 0 Å². The van der Waals surface area contributed by atoms with Crippen molar-refractivity contribution in [3.63, 3.8) is 0 Å². The zero-order valence-electron chi connectivity index (χ0n) is 8.74. The molecule has 1 aliphatic rings. The second-order valence-electron chi connectivity index (χ2n) is 3.67. The summed E-state index contributed by atoms with van der Waals surface area (Å²) in [6.45, 7) is 3.06. The van der Waals surface area contributed by atoms with Gasteiger partial charge in [-0.1, -0.05) is 25.8 Å². The first kappa shape index (κ1) is 11.9. The summed E-state index contributed by atoms with van der Waals surface area (Å²) < 4.78 is 0. The fourth-order valence-electron chi connectivity index (χ4n) is 1.72. The molecule has 0 radical (unpaired) electrons. The molecule has 1 rings (SSSR count). The lowest BCUT2D eigenvalue weighted by atomic mass is 9.86. The van der Waals surface area contributed by atoms with E-state index < -0.39 is 5.97 Å². The van der Waals surface area contributed by atoms with Gasteiger partial charge in [0.1, 0.15) is 0 Å². The van der Waals surface area contributed by atoms with E-state index in [2.05, 4.69) is 16.4 Å². The molecule has 15 heavy (non-hydrogen) atoms. The summed E-state index contributed by atoms with van der Waals surface area (Å²) >= 11 is 0. The highest BCUT2D eigenvalue weighted by Gasteiger charge is 2.21. The van der Waals surface area contributed by atoms with Crippen LogP contribution in [0.2, 0.25) is 0 Å². The molecule has 4 nitrogen and oxygen atoms in total. The fraction of sp³-hybridized carbons (Fsp3) is 0.636. The van der Waals surface area contributed by atoms with Crippen LogP contribution in [0.25, 0.3) is 0 Å². The van der Waals surface area contributed by atoms with Gasteiger partial charge in [0.05, 0.1) is 0 Å². The van der Waals surface area contributed by atoms with E-state index in [1.54, 1.807) is 0 Å². The Hall–Kier alpha value is -1.16. The van der Waals surface area contributed by atoms with Crippen molar-refractivity contribution in [3.05, 3.63) is 12.7 Å². The molecule has 0 heterocycles. The van der Waals surface area contributed by atoms with Crippen molar-refractivity contribution in [2.75, 3.05) is 6.61 Å². The van der Waals surface area contributed by atoms with Crippen LogP contribution in [0.3, 0.4) is 0 Å². The maximum atomic E-state index is 11.5. The minimum atomic E-state index is -0.675. The first-order valence-corrected chi connectivity index (χ1v) is 5.22. The molecule has 1 aliphatic carbocycles. The summed E-state index contributed by atoms with van der Waals surface area (Å²) in [4.78, 5) is 30.9. The van der Waals surface area contributed by atoms with Gasteiger partial charge in [0.2, 0.25) is 0 Å². The zero-order valence-corrected chi connectivity index (χ0v) is 8.74. The van der Waals surface area contributed by atoms with Crippen molar-refractivity contribution in [2.45, 2.75) is 32.1 Å². The molecule has 0 saturated heterocycles. The Labute approximate surface area is 89.2 Å². The maximum absolute atomic E-state index is 11.5. The third-order valence-corrected chi connectivity index (χ3v) is 2.57. The molecular formula is C11H16O4. The van der Waals surface area contributed by atoms with Crippen LogP contribution in [0.5, 0.6) is 0 Å². The maximum Gasteiger partial charge on any atom is 0.365 e. The van der Waals surface area contributed by atoms with Gasteiger partial charge in [-0.3, -0.25) is 9.68 Å². The molecule has 84 valence electrons. The highest BCUT2D eigenvalue weighted by molar-refractivity contribution is 5.83. The molecular weight excluding hydrogens is 196 g/mol. The van der Waals surface area contributed by atoms with E-state index >= 15 is 0 Å². The number of carbonyl (C=O) groups is 2. The Bertz CT molecular complexity index is 241. The van der Waals surface area contributed by atoms with Gasteiger partial charge < -0.3 is 0 Å². The normalized spacial score (nSPS) is 17.1. The number of hydrogen-bond acceptors (Lipinski definition) is 4. The minimum Gasteiger partial charge on any atom is -0.297 e. The Morgan fingerprint density at radius 3 is 2.53 bits per heavy atom. The third kappa shape index (κ3) is 4.25. The molecule has 0 aromatic heterocycles. The summed E-state index contributed by atoms with van der Waals surface area (Å²) in [6, 6.07) is 0. The van der Waals surface area contributed by atoms with E-state index in [4.69, 9.17) is 0 Å². The standard InChI is InChI=1S/C11H16O4/c1-2-11(13)15-14-8-10(12)9-6-4-3-5-7-9/h2,9H,1,3-8H2. The predicted octanol–water partition coefficient (Wildman–Crippen LogP) is 1.80. The molecule has 1 fully saturated rings. The van der Waals surface area contributed by atoms with Crippen molar-refractivity contribution in [1.29, 1.82) is 0 Å². The topological polar surface area (TPSA) is 52.6 Å². The molecule has 4 heteroatoms. The van der Waals surface area contributed by atoms with Gasteiger partial charge >= 0.3 is 5.97 Å². The second-order valence-corrected chi connectivity index (χ2v) is 3.67. The molecule has 0 bridgehead atoms. The lowest BCUT2D eigenvalue weighted by molar-refractivity contribution is -0.263. The van der Waals surface area contributed by atoms with Crippen LogP contribution in [0.4, 0.5) is 0 Å². The van der Waals surface area contributed by atoms with Crippen LogP contribution in [-0.2, 0) is 19.4 Å². The summed E-state index contributed by atoms with van der Waals surface area (Å²) in [5.74, 6) is -0.570. The summed E-state index contributed by atoms with van der Waals surface area (Å²) in [5.41, 5.74) is 0. The number of carbonyl (C=O) groups excluding carboxylic acids is 2. The van der Waals surface area contributed by atoms with Crippen LogP contribution in [0, 0.1) is 5.92 Å². The molecule has 0 aromatic carbocycles. The van der Waals surface area contributed by atoms with Crippen molar-refractivity contribution < 1.29 is 19.4 Å². The van der Waals surface area contributed by atoms with Crippen molar-refractivity contribution in [2.24, 2.45) is 5.92 Å². The van der Waals surface area contributed by atoms with Crippen molar-refractivity contribution >= 4 is 11.8 Å².